The van der Waals surface area contributed by atoms with E-state index in [-0.39, 0.29) is 0 Å². The van der Waals surface area contributed by atoms with Crippen LogP contribution in [0.15, 0.2) is 36.1 Å². The van der Waals surface area contributed by atoms with Gasteiger partial charge in [0.25, 0.3) is 0 Å². The fourth-order valence-electron chi connectivity index (χ4n) is 3.22. The Morgan fingerprint density at radius 3 is 2.56 bits per heavy atom. The number of hydrogen-bond acceptors (Lipinski definition) is 4. The molecule has 1 aliphatic carbocycles. The summed E-state index contributed by atoms with van der Waals surface area (Å²) in [6.07, 6.45) is 7.77. The molecule has 3 rings (SSSR count). The number of aromatic nitrogens is 1. The van der Waals surface area contributed by atoms with Gasteiger partial charge in [-0.05, 0) is 37.1 Å². The highest BCUT2D eigenvalue weighted by atomic mass is 32.2. The summed E-state index contributed by atoms with van der Waals surface area (Å²) in [6.45, 7) is 2.52. The van der Waals surface area contributed by atoms with E-state index in [1.54, 1.807) is 12.1 Å². The average Bonchev–Trinajstić information content (AvgIpc) is 2.74. The van der Waals surface area contributed by atoms with E-state index in [2.05, 4.69) is 10.8 Å². The van der Waals surface area contributed by atoms with E-state index >= 15 is 0 Å². The molecule has 0 bridgehead atoms. The molecule has 1 aromatic heterocycles. The molecule has 6 nitrogen and oxygen atoms in total. The lowest BCUT2D eigenvalue weighted by Crippen LogP contribution is -2.28. The van der Waals surface area contributed by atoms with Gasteiger partial charge in [0.1, 0.15) is 11.8 Å². The Balaban J connectivity index is 2.15. The van der Waals surface area contributed by atoms with Crippen LogP contribution < -0.4 is 15.3 Å². The van der Waals surface area contributed by atoms with Gasteiger partial charge in [0, 0.05) is 24.0 Å². The van der Waals surface area contributed by atoms with Crippen molar-refractivity contribution < 1.29 is 13.2 Å². The maximum absolute atomic E-state index is 11.4. The highest BCUT2D eigenvalue weighted by Crippen LogP contribution is 2.23. The number of nitrogens with zero attached hydrogens (tertiary/aromatic N) is 2. The van der Waals surface area contributed by atoms with E-state index < -0.39 is 10.0 Å². The molecule has 27 heavy (non-hydrogen) atoms. The number of anilines is 1. The second-order valence-electron chi connectivity index (χ2n) is 6.27. The molecule has 0 aliphatic heterocycles. The van der Waals surface area contributed by atoms with Crippen molar-refractivity contribution >= 4 is 27.9 Å². The first-order chi connectivity index (χ1) is 12.8. The summed E-state index contributed by atoms with van der Waals surface area (Å²) in [5, 5.41) is 11.6. The Morgan fingerprint density at radius 2 is 1.96 bits per heavy atom. The van der Waals surface area contributed by atoms with Gasteiger partial charge in [-0.1, -0.05) is 18.2 Å². The highest BCUT2D eigenvalue weighted by molar-refractivity contribution is 7.92. The number of ether oxygens (including phenoxy) is 1. The van der Waals surface area contributed by atoms with Gasteiger partial charge in [-0.15, -0.1) is 0 Å². The number of nitriles is 1. The van der Waals surface area contributed by atoms with Crippen LogP contribution in [0.5, 0.6) is 0 Å². The molecule has 2 aromatic rings. The van der Waals surface area contributed by atoms with Gasteiger partial charge in [-0.3, -0.25) is 4.72 Å². The lowest BCUT2D eigenvalue weighted by atomic mass is 10.1. The molecule has 0 atom stereocenters. The lowest BCUT2D eigenvalue weighted by molar-refractivity contribution is 0.247. The number of allylic oxidation sites excluding steroid dienone is 2. The van der Waals surface area contributed by atoms with Crippen LogP contribution in [-0.2, 0) is 21.8 Å². The van der Waals surface area contributed by atoms with E-state index in [0.717, 1.165) is 33.8 Å². The van der Waals surface area contributed by atoms with Crippen molar-refractivity contribution in [2.45, 2.75) is 13.3 Å². The van der Waals surface area contributed by atoms with Crippen molar-refractivity contribution in [3.63, 3.8) is 0 Å². The van der Waals surface area contributed by atoms with Crippen LogP contribution in [0.2, 0.25) is 0 Å². The van der Waals surface area contributed by atoms with Crippen molar-refractivity contribution in [3.8, 4) is 17.3 Å². The summed E-state index contributed by atoms with van der Waals surface area (Å²) in [7, 11) is -1.42. The maximum atomic E-state index is 11.4. The highest BCUT2D eigenvalue weighted by Gasteiger charge is 2.16. The third kappa shape index (κ3) is 3.91. The number of benzene rings is 1. The Bertz CT molecular complexity index is 1170. The third-order valence-corrected chi connectivity index (χ3v) is 4.89. The average molecular weight is 383 g/mol. The van der Waals surface area contributed by atoms with Crippen LogP contribution in [-0.4, -0.2) is 25.8 Å². The van der Waals surface area contributed by atoms with Crippen LogP contribution in [0.4, 0.5) is 5.69 Å². The van der Waals surface area contributed by atoms with Crippen LogP contribution >= 0.6 is 0 Å². The van der Waals surface area contributed by atoms with Gasteiger partial charge in [0.15, 0.2) is 0 Å². The molecular weight excluding hydrogens is 362 g/mol. The normalized spacial score (nSPS) is 13.3. The molecule has 0 fully saturated rings. The van der Waals surface area contributed by atoms with Crippen LogP contribution in [0.3, 0.4) is 0 Å². The largest absolute Gasteiger partial charge is 0.494 e. The number of hydrogen-bond donors (Lipinski definition) is 1. The minimum absolute atomic E-state index is 0.482. The molecule has 1 heterocycles. The molecule has 0 saturated carbocycles. The van der Waals surface area contributed by atoms with Crippen LogP contribution in [0, 0.1) is 11.3 Å². The number of fused-ring (bicyclic) bond motifs is 1. The minimum atomic E-state index is -3.33. The molecular formula is C20H21N3O3S. The quantitative estimate of drug-likeness (QED) is 0.854. The summed E-state index contributed by atoms with van der Waals surface area (Å²) >= 11 is 0. The third-order valence-electron chi connectivity index (χ3n) is 4.28. The van der Waals surface area contributed by atoms with Crippen LogP contribution in [0.1, 0.15) is 18.9 Å². The Kier molecular flexibility index (Phi) is 5.10. The molecule has 1 N–H and O–H groups in total. The van der Waals surface area contributed by atoms with Crippen molar-refractivity contribution in [2.75, 3.05) is 17.6 Å². The topological polar surface area (TPSA) is 84.1 Å². The molecule has 140 valence electrons. The molecule has 0 amide bonds. The molecule has 0 radical (unpaired) electrons. The predicted octanol–water partition coefficient (Wildman–Crippen LogP) is 1.82. The smallest absolute Gasteiger partial charge is 0.229 e. The summed E-state index contributed by atoms with van der Waals surface area (Å²) in [4.78, 5) is 0. The van der Waals surface area contributed by atoms with E-state index in [1.165, 1.54) is 0 Å². The molecule has 1 aromatic carbocycles. The fraction of sp³-hybridized carbons (Fsp3) is 0.250. The fourth-order valence-corrected chi connectivity index (χ4v) is 3.79. The Hall–Kier alpha value is -2.98. The van der Waals surface area contributed by atoms with Gasteiger partial charge < -0.3 is 9.30 Å². The molecule has 0 spiro atoms. The van der Waals surface area contributed by atoms with Gasteiger partial charge in [0.05, 0.1) is 29.5 Å². The van der Waals surface area contributed by atoms with Gasteiger partial charge >= 0.3 is 0 Å². The molecule has 0 unspecified atom stereocenters. The predicted molar refractivity (Wildman–Crippen MR) is 107 cm³/mol. The van der Waals surface area contributed by atoms with Crippen molar-refractivity contribution in [1.29, 1.82) is 5.26 Å². The second kappa shape index (κ2) is 7.33. The van der Waals surface area contributed by atoms with Crippen molar-refractivity contribution in [1.82, 2.24) is 4.57 Å². The minimum Gasteiger partial charge on any atom is -0.494 e. The summed E-state index contributed by atoms with van der Waals surface area (Å²) in [5.41, 5.74) is 2.71. The first-order valence-electron chi connectivity index (χ1n) is 8.56. The molecule has 1 aliphatic rings. The van der Waals surface area contributed by atoms with Crippen molar-refractivity contribution in [2.24, 2.45) is 7.05 Å². The first kappa shape index (κ1) is 18.8. The SMILES string of the molecule is CCOC1=CCC=c2c(C#N)c(-c3ccc(NS(C)(=O)=O)cc3)n(C)c2=C1. The zero-order valence-electron chi connectivity index (χ0n) is 15.5. The summed E-state index contributed by atoms with van der Waals surface area (Å²) < 4.78 is 32.8. The molecule has 7 heteroatoms. The zero-order valence-corrected chi connectivity index (χ0v) is 16.3. The number of sulfonamides is 1. The number of nitrogens with one attached hydrogen (secondary N) is 1. The van der Waals surface area contributed by atoms with E-state index in [1.807, 2.05) is 48.9 Å². The van der Waals surface area contributed by atoms with E-state index in [9.17, 15) is 13.7 Å². The van der Waals surface area contributed by atoms with Crippen LogP contribution in [0.25, 0.3) is 23.4 Å². The zero-order chi connectivity index (χ0) is 19.6. The number of rotatable bonds is 5. The van der Waals surface area contributed by atoms with Gasteiger partial charge in [-0.2, -0.15) is 5.26 Å². The van der Waals surface area contributed by atoms with Crippen molar-refractivity contribution in [3.05, 3.63) is 52.2 Å². The van der Waals surface area contributed by atoms with E-state index in [4.69, 9.17) is 4.74 Å². The maximum Gasteiger partial charge on any atom is 0.229 e. The Morgan fingerprint density at radius 1 is 1.26 bits per heavy atom. The monoisotopic (exact) mass is 383 g/mol. The second-order valence-corrected chi connectivity index (χ2v) is 8.02. The summed E-state index contributed by atoms with van der Waals surface area (Å²) in [5.74, 6) is 0.789. The van der Waals surface area contributed by atoms with Gasteiger partial charge in [-0.25, -0.2) is 8.42 Å². The van der Waals surface area contributed by atoms with E-state index in [0.29, 0.717) is 24.3 Å². The molecule has 0 saturated heterocycles. The lowest BCUT2D eigenvalue weighted by Gasteiger charge is -2.08. The van der Waals surface area contributed by atoms with Gasteiger partial charge in [0.2, 0.25) is 10.0 Å². The standard InChI is InChI=1S/C20H21N3O3S/c1-4-26-16-6-5-7-17-18(13-21)20(23(2)19(17)12-16)14-8-10-15(11-9-14)22-27(3,24)25/h6-12,22H,4-5H2,1-3H3. The first-order valence-corrected chi connectivity index (χ1v) is 10.4. The summed E-state index contributed by atoms with van der Waals surface area (Å²) in [6, 6.07) is 9.32. The Labute approximate surface area is 158 Å².